The van der Waals surface area contributed by atoms with Crippen LogP contribution in [0.3, 0.4) is 0 Å². The topological polar surface area (TPSA) is 49.4 Å². The molecule has 0 amide bonds. The average molecular weight is 276 g/mol. The molecule has 0 unspecified atom stereocenters. The number of hydrogen-bond acceptors (Lipinski definition) is 3. The van der Waals surface area contributed by atoms with E-state index < -0.39 is 10.0 Å². The Bertz CT molecular complexity index is 339. The maximum atomic E-state index is 12.2. The molecule has 1 aliphatic heterocycles. The van der Waals surface area contributed by atoms with Gasteiger partial charge in [0.15, 0.2) is 0 Å². The first-order valence-electron chi connectivity index (χ1n) is 7.06. The van der Waals surface area contributed by atoms with E-state index in [1.54, 1.807) is 4.31 Å². The van der Waals surface area contributed by atoms with E-state index in [4.69, 9.17) is 0 Å². The summed E-state index contributed by atoms with van der Waals surface area (Å²) in [6.45, 7) is 9.56. The summed E-state index contributed by atoms with van der Waals surface area (Å²) in [5.41, 5.74) is 0.131. The maximum Gasteiger partial charge on any atom is 0.214 e. The van der Waals surface area contributed by atoms with Gasteiger partial charge in [0.2, 0.25) is 10.0 Å². The number of piperidine rings is 1. The SMILES string of the molecule is CCCNCCCS(=O)(=O)N1CCCC(C)(C)C1. The highest BCUT2D eigenvalue weighted by molar-refractivity contribution is 7.89. The molecule has 0 spiro atoms. The molecule has 1 heterocycles. The molecule has 18 heavy (non-hydrogen) atoms. The van der Waals surface area contributed by atoms with Crippen LogP contribution in [0.1, 0.15) is 46.5 Å². The lowest BCUT2D eigenvalue weighted by atomic mass is 9.85. The van der Waals surface area contributed by atoms with Crippen molar-refractivity contribution in [2.45, 2.75) is 46.5 Å². The summed E-state index contributed by atoms with van der Waals surface area (Å²) in [6.07, 6.45) is 3.91. The fourth-order valence-electron chi connectivity index (χ4n) is 2.42. The lowest BCUT2D eigenvalue weighted by molar-refractivity contribution is 0.187. The van der Waals surface area contributed by atoms with Gasteiger partial charge in [-0.2, -0.15) is 0 Å². The molecule has 4 nitrogen and oxygen atoms in total. The van der Waals surface area contributed by atoms with Crippen LogP contribution in [0.15, 0.2) is 0 Å². The van der Waals surface area contributed by atoms with E-state index in [9.17, 15) is 8.42 Å². The average Bonchev–Trinajstić information content (AvgIpc) is 2.27. The van der Waals surface area contributed by atoms with E-state index >= 15 is 0 Å². The van der Waals surface area contributed by atoms with Crippen LogP contribution in [0.4, 0.5) is 0 Å². The van der Waals surface area contributed by atoms with Crippen LogP contribution in [-0.4, -0.2) is 44.7 Å². The number of nitrogens with one attached hydrogen (secondary N) is 1. The van der Waals surface area contributed by atoms with Gasteiger partial charge >= 0.3 is 0 Å². The first-order chi connectivity index (χ1) is 8.37. The second kappa shape index (κ2) is 6.87. The number of hydrogen-bond donors (Lipinski definition) is 1. The molecule has 0 aliphatic carbocycles. The predicted octanol–water partition coefficient (Wildman–Crippen LogP) is 1.83. The molecule has 0 aromatic heterocycles. The van der Waals surface area contributed by atoms with Crippen molar-refractivity contribution >= 4 is 10.0 Å². The molecule has 1 fully saturated rings. The van der Waals surface area contributed by atoms with Crippen molar-refractivity contribution in [2.24, 2.45) is 5.41 Å². The molecule has 0 bridgehead atoms. The highest BCUT2D eigenvalue weighted by Crippen LogP contribution is 2.29. The zero-order chi connectivity index (χ0) is 13.6. The van der Waals surface area contributed by atoms with Gasteiger partial charge in [0.1, 0.15) is 0 Å². The van der Waals surface area contributed by atoms with Crippen molar-refractivity contribution in [1.82, 2.24) is 9.62 Å². The molecule has 5 heteroatoms. The van der Waals surface area contributed by atoms with Crippen molar-refractivity contribution in [3.05, 3.63) is 0 Å². The van der Waals surface area contributed by atoms with Crippen molar-refractivity contribution in [1.29, 1.82) is 0 Å². The van der Waals surface area contributed by atoms with E-state index in [1.807, 2.05) is 0 Å². The molecule has 0 aromatic rings. The Hall–Kier alpha value is -0.130. The third-order valence-electron chi connectivity index (χ3n) is 3.44. The third kappa shape index (κ3) is 5.24. The van der Waals surface area contributed by atoms with Crippen LogP contribution in [0, 0.1) is 5.41 Å². The Kier molecular flexibility index (Phi) is 6.08. The minimum atomic E-state index is -3.05. The van der Waals surface area contributed by atoms with E-state index in [1.165, 1.54) is 0 Å². The van der Waals surface area contributed by atoms with E-state index in [-0.39, 0.29) is 11.2 Å². The van der Waals surface area contributed by atoms with Crippen molar-refractivity contribution in [3.63, 3.8) is 0 Å². The smallest absolute Gasteiger partial charge is 0.214 e. The fraction of sp³-hybridized carbons (Fsp3) is 1.00. The second-order valence-corrected chi connectivity index (χ2v) is 8.11. The summed E-state index contributed by atoms with van der Waals surface area (Å²) in [7, 11) is -3.05. The van der Waals surface area contributed by atoms with Crippen molar-refractivity contribution < 1.29 is 8.42 Å². The van der Waals surface area contributed by atoms with Gasteiger partial charge in [-0.05, 0) is 44.2 Å². The van der Waals surface area contributed by atoms with Crippen LogP contribution < -0.4 is 5.32 Å². The van der Waals surface area contributed by atoms with Gasteiger partial charge in [0.25, 0.3) is 0 Å². The molecule has 1 N–H and O–H groups in total. The van der Waals surface area contributed by atoms with Crippen LogP contribution in [0.2, 0.25) is 0 Å². The van der Waals surface area contributed by atoms with Gasteiger partial charge in [0.05, 0.1) is 5.75 Å². The van der Waals surface area contributed by atoms with Crippen LogP contribution in [0.5, 0.6) is 0 Å². The molecule has 1 aliphatic rings. The first-order valence-corrected chi connectivity index (χ1v) is 8.67. The Morgan fingerprint density at radius 2 is 2.00 bits per heavy atom. The molecular weight excluding hydrogens is 248 g/mol. The monoisotopic (exact) mass is 276 g/mol. The van der Waals surface area contributed by atoms with E-state index in [0.29, 0.717) is 19.5 Å². The van der Waals surface area contributed by atoms with E-state index in [2.05, 4.69) is 26.1 Å². The van der Waals surface area contributed by atoms with Crippen molar-refractivity contribution in [2.75, 3.05) is 31.9 Å². The van der Waals surface area contributed by atoms with Crippen LogP contribution in [-0.2, 0) is 10.0 Å². The third-order valence-corrected chi connectivity index (χ3v) is 5.34. The fourth-order valence-corrected chi connectivity index (χ4v) is 4.14. The summed E-state index contributed by atoms with van der Waals surface area (Å²) in [6, 6.07) is 0. The summed E-state index contributed by atoms with van der Waals surface area (Å²) in [4.78, 5) is 0. The largest absolute Gasteiger partial charge is 0.317 e. The van der Waals surface area contributed by atoms with Crippen molar-refractivity contribution in [3.8, 4) is 0 Å². The van der Waals surface area contributed by atoms with Crippen LogP contribution >= 0.6 is 0 Å². The molecule has 108 valence electrons. The Morgan fingerprint density at radius 1 is 1.28 bits per heavy atom. The Morgan fingerprint density at radius 3 is 2.61 bits per heavy atom. The number of sulfonamides is 1. The Labute approximate surface area is 112 Å². The lowest BCUT2D eigenvalue weighted by Gasteiger charge is -2.37. The molecule has 0 radical (unpaired) electrons. The standard InChI is InChI=1S/C13H28N2O2S/c1-4-8-14-9-6-11-18(16,17)15-10-5-7-13(2,3)12-15/h14H,4-12H2,1-3H3. The molecule has 1 saturated heterocycles. The molecular formula is C13H28N2O2S. The summed E-state index contributed by atoms with van der Waals surface area (Å²) < 4.78 is 26.1. The highest BCUT2D eigenvalue weighted by Gasteiger charge is 2.32. The van der Waals surface area contributed by atoms with Gasteiger partial charge in [-0.25, -0.2) is 12.7 Å². The number of rotatable bonds is 7. The lowest BCUT2D eigenvalue weighted by Crippen LogP contribution is -2.44. The Balaban J connectivity index is 2.38. The van der Waals surface area contributed by atoms with Gasteiger partial charge in [-0.1, -0.05) is 20.8 Å². The van der Waals surface area contributed by atoms with Gasteiger partial charge in [-0.3, -0.25) is 0 Å². The molecule has 1 rings (SSSR count). The molecule has 0 saturated carbocycles. The minimum absolute atomic E-state index is 0.131. The summed E-state index contributed by atoms with van der Waals surface area (Å²) in [5, 5.41) is 3.24. The minimum Gasteiger partial charge on any atom is -0.317 e. The zero-order valence-corrected chi connectivity index (χ0v) is 12.9. The quantitative estimate of drug-likeness (QED) is 0.722. The maximum absolute atomic E-state index is 12.2. The normalized spacial score (nSPS) is 21.1. The van der Waals surface area contributed by atoms with Crippen LogP contribution in [0.25, 0.3) is 0 Å². The predicted molar refractivity (Wildman–Crippen MR) is 76.2 cm³/mol. The van der Waals surface area contributed by atoms with Gasteiger partial charge in [0, 0.05) is 13.1 Å². The van der Waals surface area contributed by atoms with Gasteiger partial charge < -0.3 is 5.32 Å². The summed E-state index contributed by atoms with van der Waals surface area (Å²) >= 11 is 0. The second-order valence-electron chi connectivity index (χ2n) is 6.02. The first kappa shape index (κ1) is 15.9. The zero-order valence-electron chi connectivity index (χ0n) is 12.0. The van der Waals surface area contributed by atoms with E-state index in [0.717, 1.165) is 32.4 Å². The van der Waals surface area contributed by atoms with Gasteiger partial charge in [-0.15, -0.1) is 0 Å². The summed E-state index contributed by atoms with van der Waals surface area (Å²) in [5.74, 6) is 0.278. The molecule has 0 atom stereocenters. The highest BCUT2D eigenvalue weighted by atomic mass is 32.2. The molecule has 0 aromatic carbocycles. The number of nitrogens with zero attached hydrogens (tertiary/aromatic N) is 1.